The number of carbonyl (C=O) groups excluding carboxylic acids is 1. The molecule has 0 radical (unpaired) electrons. The molecule has 6 nitrogen and oxygen atoms in total. The predicted molar refractivity (Wildman–Crippen MR) is 121 cm³/mol. The van der Waals surface area contributed by atoms with Crippen LogP contribution < -0.4 is 9.47 Å². The van der Waals surface area contributed by atoms with E-state index in [1.165, 1.54) is 23.0 Å². The van der Waals surface area contributed by atoms with E-state index in [2.05, 4.69) is 4.99 Å². The largest absolute Gasteiger partial charge is 0.493 e. The zero-order chi connectivity index (χ0) is 26.8. The van der Waals surface area contributed by atoms with Gasteiger partial charge in [0.15, 0.2) is 17.3 Å². The van der Waals surface area contributed by atoms with Crippen LogP contribution in [0.25, 0.3) is 6.08 Å². The van der Waals surface area contributed by atoms with Gasteiger partial charge in [0, 0.05) is 26.2 Å². The molecule has 0 bridgehead atoms. The summed E-state index contributed by atoms with van der Waals surface area (Å²) in [5.74, 6) is 0.744. The summed E-state index contributed by atoms with van der Waals surface area (Å²) in [6, 6.07) is 5.76. The number of urea groups is 1. The molecule has 1 aliphatic heterocycles. The van der Waals surface area contributed by atoms with Crippen molar-refractivity contribution in [3.63, 3.8) is 0 Å². The molecule has 2 aromatic carbocycles. The van der Waals surface area contributed by atoms with E-state index in [4.69, 9.17) is 9.47 Å². The zero-order valence-corrected chi connectivity index (χ0v) is 19.8. The first-order chi connectivity index (χ1) is 16.8. The Hall–Kier alpha value is -3.70. The Morgan fingerprint density at radius 1 is 1.00 bits per heavy atom. The average molecular weight is 515 g/mol. The Labute approximate surface area is 203 Å². The van der Waals surface area contributed by atoms with Crippen LogP contribution in [0.2, 0.25) is 0 Å². The Balaban J connectivity index is 1.89. The SMILES string of the molecule is CCN1C(=O)N(C)/C(=C\c2ccc(OCc3ccc(C(F)(F)F)cc3C(F)(F)F)c(OC)c2)C1=NC. The van der Waals surface area contributed by atoms with E-state index < -0.39 is 35.6 Å². The molecule has 1 aliphatic rings. The van der Waals surface area contributed by atoms with E-state index in [0.29, 0.717) is 29.7 Å². The molecule has 1 heterocycles. The molecule has 1 fully saturated rings. The van der Waals surface area contributed by atoms with E-state index in [9.17, 15) is 31.1 Å². The predicted octanol–water partition coefficient (Wildman–Crippen LogP) is 6.07. The molecule has 0 aromatic heterocycles. The van der Waals surface area contributed by atoms with Gasteiger partial charge in [-0.1, -0.05) is 12.1 Å². The number of amides is 2. The lowest BCUT2D eigenvalue weighted by Gasteiger charge is -2.17. The first-order valence-corrected chi connectivity index (χ1v) is 10.6. The van der Waals surface area contributed by atoms with Gasteiger partial charge < -0.3 is 9.47 Å². The van der Waals surface area contributed by atoms with E-state index in [1.807, 2.05) is 6.92 Å². The first-order valence-electron chi connectivity index (χ1n) is 10.6. The lowest BCUT2D eigenvalue weighted by Crippen LogP contribution is -2.31. The van der Waals surface area contributed by atoms with Crippen LogP contribution in [0, 0.1) is 0 Å². The molecule has 0 N–H and O–H groups in total. The van der Waals surface area contributed by atoms with Crippen LogP contribution in [0.1, 0.15) is 29.2 Å². The van der Waals surface area contributed by atoms with Gasteiger partial charge in [0.25, 0.3) is 0 Å². The number of carbonyl (C=O) groups is 1. The lowest BCUT2D eigenvalue weighted by atomic mass is 10.0. The molecule has 12 heteroatoms. The zero-order valence-electron chi connectivity index (χ0n) is 19.8. The normalized spacial score (nSPS) is 16.9. The van der Waals surface area contributed by atoms with Gasteiger partial charge in [-0.05, 0) is 42.8 Å². The molecule has 0 unspecified atom stereocenters. The lowest BCUT2D eigenvalue weighted by molar-refractivity contribution is -0.143. The number of methoxy groups -OCH3 is 1. The van der Waals surface area contributed by atoms with Gasteiger partial charge in [-0.3, -0.25) is 14.8 Å². The second-order valence-corrected chi connectivity index (χ2v) is 7.73. The van der Waals surface area contributed by atoms with Crippen molar-refractivity contribution >= 4 is 17.9 Å². The van der Waals surface area contributed by atoms with Crippen LogP contribution in [-0.4, -0.2) is 49.4 Å². The second kappa shape index (κ2) is 10.1. The van der Waals surface area contributed by atoms with Crippen LogP contribution >= 0.6 is 0 Å². The third kappa shape index (κ3) is 5.42. The molecule has 2 amide bonds. The number of aliphatic imine (C=N–C) groups is 1. The van der Waals surface area contributed by atoms with Crippen molar-refractivity contribution < 1.29 is 40.6 Å². The van der Waals surface area contributed by atoms with E-state index in [0.717, 1.165) is 6.07 Å². The Kier molecular flexibility index (Phi) is 7.56. The van der Waals surface area contributed by atoms with E-state index in [-0.39, 0.29) is 23.6 Å². The van der Waals surface area contributed by atoms with Gasteiger partial charge in [0.1, 0.15) is 6.61 Å². The van der Waals surface area contributed by atoms with Crippen LogP contribution in [0.5, 0.6) is 11.5 Å². The van der Waals surface area contributed by atoms with Crippen molar-refractivity contribution in [3.05, 3.63) is 64.3 Å². The molecule has 36 heavy (non-hydrogen) atoms. The van der Waals surface area contributed by atoms with Crippen molar-refractivity contribution in [2.45, 2.75) is 25.9 Å². The first kappa shape index (κ1) is 26.9. The number of halogens is 6. The van der Waals surface area contributed by atoms with Gasteiger partial charge in [-0.15, -0.1) is 0 Å². The molecule has 0 saturated carbocycles. The highest BCUT2D eigenvalue weighted by atomic mass is 19.4. The molecule has 1 saturated heterocycles. The maximum Gasteiger partial charge on any atom is 0.416 e. The summed E-state index contributed by atoms with van der Waals surface area (Å²) >= 11 is 0. The van der Waals surface area contributed by atoms with Crippen molar-refractivity contribution in [1.82, 2.24) is 9.80 Å². The van der Waals surface area contributed by atoms with Crippen molar-refractivity contribution in [2.24, 2.45) is 4.99 Å². The van der Waals surface area contributed by atoms with Crippen LogP contribution in [-0.2, 0) is 19.0 Å². The molecule has 194 valence electrons. The van der Waals surface area contributed by atoms with Gasteiger partial charge in [-0.25, -0.2) is 4.79 Å². The van der Waals surface area contributed by atoms with E-state index >= 15 is 0 Å². The summed E-state index contributed by atoms with van der Waals surface area (Å²) in [5.41, 5.74) is -2.16. The smallest absolute Gasteiger partial charge is 0.416 e. The minimum Gasteiger partial charge on any atom is -0.493 e. The van der Waals surface area contributed by atoms with Crippen LogP contribution in [0.15, 0.2) is 47.1 Å². The third-order valence-electron chi connectivity index (χ3n) is 5.51. The Morgan fingerprint density at radius 2 is 1.69 bits per heavy atom. The maximum atomic E-state index is 13.4. The fraction of sp³-hybridized carbons (Fsp3) is 0.333. The quantitative estimate of drug-likeness (QED) is 0.439. The number of ether oxygens (including phenoxy) is 2. The fourth-order valence-electron chi connectivity index (χ4n) is 3.69. The highest BCUT2D eigenvalue weighted by molar-refractivity contribution is 6.16. The van der Waals surface area contributed by atoms with Crippen LogP contribution in [0.3, 0.4) is 0 Å². The Morgan fingerprint density at radius 3 is 2.25 bits per heavy atom. The number of likely N-dealkylation sites (N-methyl/N-ethyl adjacent to an activating group) is 2. The topological polar surface area (TPSA) is 54.4 Å². The monoisotopic (exact) mass is 515 g/mol. The highest BCUT2D eigenvalue weighted by Gasteiger charge is 2.38. The number of hydrogen-bond acceptors (Lipinski definition) is 4. The summed E-state index contributed by atoms with van der Waals surface area (Å²) in [7, 11) is 4.50. The van der Waals surface area contributed by atoms with Crippen molar-refractivity contribution in [3.8, 4) is 11.5 Å². The van der Waals surface area contributed by atoms with Gasteiger partial charge in [-0.2, -0.15) is 26.3 Å². The van der Waals surface area contributed by atoms with Crippen molar-refractivity contribution in [2.75, 3.05) is 27.7 Å². The van der Waals surface area contributed by atoms with Gasteiger partial charge >= 0.3 is 18.4 Å². The summed E-state index contributed by atoms with van der Waals surface area (Å²) in [6.45, 7) is 1.60. The highest BCUT2D eigenvalue weighted by Crippen LogP contribution is 2.38. The molecule has 0 atom stereocenters. The maximum absolute atomic E-state index is 13.4. The summed E-state index contributed by atoms with van der Waals surface area (Å²) in [4.78, 5) is 19.5. The second-order valence-electron chi connectivity index (χ2n) is 7.73. The van der Waals surface area contributed by atoms with Gasteiger partial charge in [0.2, 0.25) is 0 Å². The number of alkyl halides is 6. The molecular formula is C24H23F6N3O3. The summed E-state index contributed by atoms with van der Waals surface area (Å²) in [6.07, 6.45) is -8.23. The molecule has 2 aromatic rings. The van der Waals surface area contributed by atoms with Gasteiger partial charge in [0.05, 0.1) is 23.9 Å². The summed E-state index contributed by atoms with van der Waals surface area (Å²) < 4.78 is 89.7. The minimum atomic E-state index is -5.00. The molecule has 0 spiro atoms. The summed E-state index contributed by atoms with van der Waals surface area (Å²) in [5, 5.41) is 0. The average Bonchev–Trinajstić information content (AvgIpc) is 3.05. The minimum absolute atomic E-state index is 0.0665. The fourth-order valence-corrected chi connectivity index (χ4v) is 3.69. The van der Waals surface area contributed by atoms with Crippen molar-refractivity contribution in [1.29, 1.82) is 0 Å². The van der Waals surface area contributed by atoms with E-state index in [1.54, 1.807) is 32.3 Å². The number of hydrogen-bond donors (Lipinski definition) is 0. The number of benzene rings is 2. The standard InChI is InChI=1S/C24H23F6N3O3/c1-5-33-21(31-2)18(32(3)22(33)34)10-14-6-9-19(20(11-14)35-4)36-13-15-7-8-16(23(25,26)27)12-17(15)24(28,29)30/h6-12H,5,13H2,1-4H3/b18-10-,31-21?. The molecule has 0 aliphatic carbocycles. The third-order valence-corrected chi connectivity index (χ3v) is 5.51. The van der Waals surface area contributed by atoms with Crippen LogP contribution in [0.4, 0.5) is 31.1 Å². The number of rotatable bonds is 6. The molecular weight excluding hydrogens is 492 g/mol. The number of nitrogens with zero attached hydrogens (tertiary/aromatic N) is 3. The Bertz CT molecular complexity index is 1200. The number of amidine groups is 1. The molecule has 3 rings (SSSR count).